The van der Waals surface area contributed by atoms with Crippen LogP contribution < -0.4 is 21.7 Å². The fourth-order valence-electron chi connectivity index (χ4n) is 3.61. The molecule has 0 aromatic rings. The van der Waals surface area contributed by atoms with Crippen LogP contribution in [0.3, 0.4) is 0 Å². The maximum Gasteiger partial charge on any atom is 0.240 e. The second kappa shape index (κ2) is 7.05. The minimum Gasteiger partial charge on any atom is -0.368 e. The minimum absolute atomic E-state index is 0. The number of carbonyl (C=O) groups is 3. The van der Waals surface area contributed by atoms with E-state index in [0.29, 0.717) is 18.4 Å². The van der Waals surface area contributed by atoms with Crippen LogP contribution in [-0.2, 0) is 14.4 Å². The number of hydrogen-bond acceptors (Lipinski definition) is 4. The highest BCUT2D eigenvalue weighted by molar-refractivity contribution is 5.90. The van der Waals surface area contributed by atoms with Gasteiger partial charge in [-0.2, -0.15) is 0 Å². The van der Waals surface area contributed by atoms with E-state index < -0.39 is 11.9 Å². The molecule has 1 saturated carbocycles. The Hall–Kier alpha value is -1.34. The van der Waals surface area contributed by atoms with Crippen molar-refractivity contribution >= 4 is 30.1 Å². The Morgan fingerprint density at radius 3 is 2.61 bits per heavy atom. The van der Waals surface area contributed by atoms with Crippen molar-refractivity contribution in [2.24, 2.45) is 17.1 Å². The summed E-state index contributed by atoms with van der Waals surface area (Å²) in [5.74, 6) is -1.06. The molecule has 1 spiro atoms. The summed E-state index contributed by atoms with van der Waals surface area (Å²) < 4.78 is 0. The normalized spacial score (nSPS) is 29.3. The predicted molar refractivity (Wildman–Crippen MR) is 86.8 cm³/mol. The molecule has 3 rings (SSSR count). The first-order valence-electron chi connectivity index (χ1n) is 8.10. The Balaban J connectivity index is 0.00000192. The zero-order valence-electron chi connectivity index (χ0n) is 13.1. The van der Waals surface area contributed by atoms with Crippen LogP contribution in [0.2, 0.25) is 0 Å². The van der Waals surface area contributed by atoms with E-state index in [9.17, 15) is 14.4 Å². The summed E-state index contributed by atoms with van der Waals surface area (Å²) in [6.07, 6.45) is 5.31. The number of nitrogens with one attached hydrogen (secondary N) is 3. The van der Waals surface area contributed by atoms with Crippen molar-refractivity contribution in [2.75, 3.05) is 13.1 Å². The maximum atomic E-state index is 12.4. The first-order valence-corrected chi connectivity index (χ1v) is 8.10. The van der Waals surface area contributed by atoms with Crippen LogP contribution in [0.1, 0.15) is 38.5 Å². The Morgan fingerprint density at radius 2 is 2.04 bits per heavy atom. The smallest absolute Gasteiger partial charge is 0.240 e. The highest BCUT2D eigenvalue weighted by Gasteiger charge is 2.47. The van der Waals surface area contributed by atoms with Crippen LogP contribution in [0.5, 0.6) is 0 Å². The molecule has 3 atom stereocenters. The molecule has 7 nitrogen and oxygen atoms in total. The van der Waals surface area contributed by atoms with Crippen LogP contribution in [0.4, 0.5) is 0 Å². The van der Waals surface area contributed by atoms with E-state index in [1.54, 1.807) is 0 Å². The fourth-order valence-corrected chi connectivity index (χ4v) is 3.61. The van der Waals surface area contributed by atoms with Crippen LogP contribution >= 0.6 is 12.4 Å². The fraction of sp³-hybridized carbons (Fsp3) is 0.800. The molecule has 3 amide bonds. The third-order valence-corrected chi connectivity index (χ3v) is 5.30. The van der Waals surface area contributed by atoms with E-state index in [2.05, 4.69) is 16.0 Å². The SMILES string of the molecule is Cl.NC(=O)[C@H](C[C@@H]1CCNC1=O)NC(=O)[C@@H]1CC2(CCN1)CC2. The topological polar surface area (TPSA) is 113 Å². The number of halogens is 1. The molecule has 2 aliphatic heterocycles. The number of piperidine rings is 1. The summed E-state index contributed by atoms with van der Waals surface area (Å²) in [5, 5.41) is 8.69. The number of hydrogen-bond donors (Lipinski definition) is 4. The van der Waals surface area contributed by atoms with Crippen LogP contribution in [0.25, 0.3) is 0 Å². The van der Waals surface area contributed by atoms with Gasteiger partial charge in [-0.05, 0) is 50.5 Å². The lowest BCUT2D eigenvalue weighted by Gasteiger charge is -2.30. The molecular formula is C15H25ClN4O3. The molecule has 0 unspecified atom stereocenters. The van der Waals surface area contributed by atoms with E-state index in [1.807, 2.05) is 0 Å². The molecule has 130 valence electrons. The number of amides is 3. The van der Waals surface area contributed by atoms with Crippen molar-refractivity contribution in [1.82, 2.24) is 16.0 Å². The lowest BCUT2D eigenvalue weighted by molar-refractivity contribution is -0.130. The Labute approximate surface area is 141 Å². The summed E-state index contributed by atoms with van der Waals surface area (Å²) in [6.45, 7) is 1.46. The first kappa shape index (κ1) is 18.0. The number of nitrogens with two attached hydrogens (primary N) is 1. The molecule has 2 heterocycles. The summed E-state index contributed by atoms with van der Waals surface area (Å²) in [4.78, 5) is 35.6. The molecule has 0 bridgehead atoms. The molecule has 23 heavy (non-hydrogen) atoms. The van der Waals surface area contributed by atoms with Gasteiger partial charge in [0.2, 0.25) is 17.7 Å². The van der Waals surface area contributed by atoms with E-state index in [0.717, 1.165) is 19.4 Å². The minimum atomic E-state index is -0.778. The number of rotatable bonds is 5. The molecule has 3 aliphatic rings. The van der Waals surface area contributed by atoms with Crippen molar-refractivity contribution in [3.05, 3.63) is 0 Å². The van der Waals surface area contributed by atoms with Gasteiger partial charge in [0, 0.05) is 12.5 Å². The van der Waals surface area contributed by atoms with Gasteiger partial charge in [0.15, 0.2) is 0 Å². The van der Waals surface area contributed by atoms with Gasteiger partial charge in [-0.1, -0.05) is 0 Å². The molecule has 8 heteroatoms. The van der Waals surface area contributed by atoms with Crippen LogP contribution in [0, 0.1) is 11.3 Å². The van der Waals surface area contributed by atoms with Gasteiger partial charge in [-0.15, -0.1) is 12.4 Å². The van der Waals surface area contributed by atoms with E-state index in [-0.39, 0.29) is 42.6 Å². The largest absolute Gasteiger partial charge is 0.368 e. The van der Waals surface area contributed by atoms with Crippen LogP contribution in [-0.4, -0.2) is 42.9 Å². The standard InChI is InChI=1S/C15H24N4O3.ClH/c16-12(20)10(7-9-1-5-18-13(9)21)19-14(22)11-8-15(2-3-15)4-6-17-11;/h9-11,17H,1-8H2,(H2,16,20)(H,18,21)(H,19,22);1H/t9-,10-,11-;/m0./s1. The van der Waals surface area contributed by atoms with E-state index in [1.165, 1.54) is 12.8 Å². The average Bonchev–Trinajstić information content (AvgIpc) is 3.10. The Kier molecular flexibility index (Phi) is 5.52. The quantitative estimate of drug-likeness (QED) is 0.535. The van der Waals surface area contributed by atoms with Crippen LogP contribution in [0.15, 0.2) is 0 Å². The van der Waals surface area contributed by atoms with Crippen molar-refractivity contribution in [3.8, 4) is 0 Å². The molecule has 0 aromatic heterocycles. The summed E-state index contributed by atoms with van der Waals surface area (Å²) in [7, 11) is 0. The molecule has 3 fully saturated rings. The van der Waals surface area contributed by atoms with E-state index in [4.69, 9.17) is 5.73 Å². The van der Waals surface area contributed by atoms with Crippen molar-refractivity contribution in [2.45, 2.75) is 50.6 Å². The van der Waals surface area contributed by atoms with Gasteiger partial charge >= 0.3 is 0 Å². The molecule has 2 saturated heterocycles. The molecule has 0 radical (unpaired) electrons. The molecule has 0 aromatic carbocycles. The third kappa shape index (κ3) is 4.14. The second-order valence-corrected chi connectivity index (χ2v) is 6.94. The third-order valence-electron chi connectivity index (χ3n) is 5.30. The number of carbonyl (C=O) groups excluding carboxylic acids is 3. The number of primary amides is 1. The average molecular weight is 345 g/mol. The lowest BCUT2D eigenvalue weighted by atomic mass is 9.89. The highest BCUT2D eigenvalue weighted by atomic mass is 35.5. The maximum absolute atomic E-state index is 12.4. The van der Waals surface area contributed by atoms with E-state index >= 15 is 0 Å². The lowest BCUT2D eigenvalue weighted by Crippen LogP contribution is -2.54. The second-order valence-electron chi connectivity index (χ2n) is 6.94. The van der Waals surface area contributed by atoms with Gasteiger partial charge in [-0.25, -0.2) is 0 Å². The van der Waals surface area contributed by atoms with Gasteiger partial charge < -0.3 is 21.7 Å². The zero-order valence-corrected chi connectivity index (χ0v) is 13.9. The highest BCUT2D eigenvalue weighted by Crippen LogP contribution is 2.53. The zero-order chi connectivity index (χ0) is 15.7. The van der Waals surface area contributed by atoms with Gasteiger partial charge in [-0.3, -0.25) is 14.4 Å². The Bertz CT molecular complexity index is 495. The van der Waals surface area contributed by atoms with Crippen molar-refractivity contribution in [3.63, 3.8) is 0 Å². The summed E-state index contributed by atoms with van der Waals surface area (Å²) in [5.41, 5.74) is 5.75. The monoisotopic (exact) mass is 344 g/mol. The molecular weight excluding hydrogens is 320 g/mol. The summed E-state index contributed by atoms with van der Waals surface area (Å²) in [6, 6.07) is -1.03. The molecule has 1 aliphatic carbocycles. The van der Waals surface area contributed by atoms with Gasteiger partial charge in [0.1, 0.15) is 6.04 Å². The van der Waals surface area contributed by atoms with Gasteiger partial charge in [0.25, 0.3) is 0 Å². The van der Waals surface area contributed by atoms with Crippen molar-refractivity contribution in [1.29, 1.82) is 0 Å². The predicted octanol–water partition coefficient (Wildman–Crippen LogP) is -0.563. The Morgan fingerprint density at radius 1 is 1.30 bits per heavy atom. The van der Waals surface area contributed by atoms with Crippen molar-refractivity contribution < 1.29 is 14.4 Å². The first-order chi connectivity index (χ1) is 10.5. The summed E-state index contributed by atoms with van der Waals surface area (Å²) >= 11 is 0. The van der Waals surface area contributed by atoms with Gasteiger partial charge in [0.05, 0.1) is 6.04 Å². The molecule has 5 N–H and O–H groups in total.